The van der Waals surface area contributed by atoms with E-state index >= 15 is 0 Å². The molecule has 36 heavy (non-hydrogen) atoms. The fraction of sp³-hybridized carbons (Fsp3) is 0.286. The largest absolute Gasteiger partial charge is 0.422 e. The molecule has 2 aromatic heterocycles. The van der Waals surface area contributed by atoms with Crippen LogP contribution in [-0.4, -0.2) is 15.0 Å². The third-order valence-corrected chi connectivity index (χ3v) is 8.16. The van der Waals surface area contributed by atoms with E-state index in [0.717, 1.165) is 33.2 Å². The normalized spacial score (nSPS) is 14.4. The lowest BCUT2D eigenvalue weighted by Gasteiger charge is -2.19. The van der Waals surface area contributed by atoms with Crippen molar-refractivity contribution in [3.05, 3.63) is 101 Å². The van der Waals surface area contributed by atoms with Crippen molar-refractivity contribution in [1.29, 1.82) is 0 Å². The van der Waals surface area contributed by atoms with Gasteiger partial charge in [0.05, 0.1) is 5.39 Å². The molecular weight excluding hydrogens is 592 g/mol. The first kappa shape index (κ1) is 25.1. The van der Waals surface area contributed by atoms with Gasteiger partial charge in [-0.15, -0.1) is 0 Å². The highest BCUT2D eigenvalue weighted by Crippen LogP contribution is 2.40. The Morgan fingerprint density at radius 1 is 1.14 bits per heavy atom. The van der Waals surface area contributed by atoms with Crippen LogP contribution >= 0.6 is 22.6 Å². The Balaban J connectivity index is 1.85. The molecule has 0 radical (unpaired) electrons. The van der Waals surface area contributed by atoms with Crippen LogP contribution < -0.4 is 11.2 Å². The van der Waals surface area contributed by atoms with E-state index in [1.165, 1.54) is 6.07 Å². The van der Waals surface area contributed by atoms with Gasteiger partial charge in [0.1, 0.15) is 5.82 Å². The van der Waals surface area contributed by atoms with Gasteiger partial charge in [-0.05, 0) is 83.7 Å². The SMILES string of the molecule is Cc1c(Cc2ccc(I)cc2F)c2c(=O)n(C3CC3)c(C)c(-c3cccc(CS(C)=O)c3)c2oc1=O. The minimum Gasteiger partial charge on any atom is -0.422 e. The number of halogens is 2. The Bertz CT molecular complexity index is 1670. The second-order valence-corrected chi connectivity index (χ2v) is 12.1. The third-order valence-electron chi connectivity index (χ3n) is 6.75. The van der Waals surface area contributed by atoms with Crippen LogP contribution in [0.2, 0.25) is 0 Å². The molecule has 0 aliphatic heterocycles. The standard InChI is InChI=1S/C28H25FINO4S/c1-15-22(12-18-7-8-20(30)13-23(18)29)25-26(35-28(15)33)24(16(2)31(27(25)32)21-9-10-21)19-6-4-5-17(11-19)14-36(3)34/h4-8,11,13,21H,9-10,12,14H2,1-3H3. The summed E-state index contributed by atoms with van der Waals surface area (Å²) in [4.78, 5) is 26.9. The molecule has 5 nitrogen and oxygen atoms in total. The smallest absolute Gasteiger partial charge is 0.339 e. The van der Waals surface area contributed by atoms with Gasteiger partial charge in [0, 0.05) is 55.7 Å². The molecule has 1 atom stereocenters. The zero-order valence-corrected chi connectivity index (χ0v) is 23.2. The molecule has 0 spiro atoms. The van der Waals surface area contributed by atoms with Gasteiger partial charge in [-0.1, -0.05) is 30.3 Å². The number of rotatable bonds is 6. The Morgan fingerprint density at radius 2 is 1.89 bits per heavy atom. The molecule has 1 unspecified atom stereocenters. The van der Waals surface area contributed by atoms with Crippen molar-refractivity contribution < 1.29 is 13.0 Å². The Morgan fingerprint density at radius 3 is 2.56 bits per heavy atom. The van der Waals surface area contributed by atoms with Crippen molar-refractivity contribution in [3.8, 4) is 11.1 Å². The number of aromatic nitrogens is 1. The first-order valence-electron chi connectivity index (χ1n) is 11.7. The van der Waals surface area contributed by atoms with E-state index in [4.69, 9.17) is 4.42 Å². The van der Waals surface area contributed by atoms with Gasteiger partial charge in [-0.25, -0.2) is 9.18 Å². The predicted molar refractivity (Wildman–Crippen MR) is 150 cm³/mol. The van der Waals surface area contributed by atoms with Crippen LogP contribution in [-0.2, 0) is 23.0 Å². The van der Waals surface area contributed by atoms with Crippen molar-refractivity contribution in [2.24, 2.45) is 0 Å². The van der Waals surface area contributed by atoms with Crippen LogP contribution in [0.25, 0.3) is 22.1 Å². The monoisotopic (exact) mass is 617 g/mol. The minimum atomic E-state index is -1.02. The number of pyridine rings is 1. The summed E-state index contributed by atoms with van der Waals surface area (Å²) in [6.45, 7) is 3.50. The first-order valence-corrected chi connectivity index (χ1v) is 14.5. The molecule has 1 fully saturated rings. The van der Waals surface area contributed by atoms with Crippen LogP contribution in [0.1, 0.15) is 46.8 Å². The van der Waals surface area contributed by atoms with E-state index in [1.54, 1.807) is 23.8 Å². The number of fused-ring (bicyclic) bond motifs is 1. The molecule has 186 valence electrons. The van der Waals surface area contributed by atoms with E-state index in [2.05, 4.69) is 0 Å². The molecule has 4 aromatic rings. The number of hydrogen-bond donors (Lipinski definition) is 0. The molecule has 0 bridgehead atoms. The lowest BCUT2D eigenvalue weighted by atomic mass is 9.94. The maximum atomic E-state index is 14.8. The molecule has 0 N–H and O–H groups in total. The van der Waals surface area contributed by atoms with Crippen LogP contribution in [0.15, 0.2) is 56.5 Å². The molecular formula is C28H25FINO4S. The van der Waals surface area contributed by atoms with Gasteiger partial charge >= 0.3 is 5.63 Å². The van der Waals surface area contributed by atoms with Crippen LogP contribution in [0.3, 0.4) is 0 Å². The molecule has 2 heterocycles. The highest BCUT2D eigenvalue weighted by molar-refractivity contribution is 14.1. The summed E-state index contributed by atoms with van der Waals surface area (Å²) in [5, 5.41) is 0.321. The number of hydrogen-bond acceptors (Lipinski definition) is 4. The van der Waals surface area contributed by atoms with E-state index in [-0.39, 0.29) is 29.4 Å². The quantitative estimate of drug-likeness (QED) is 0.257. The summed E-state index contributed by atoms with van der Waals surface area (Å²) in [6.07, 6.45) is 3.56. The molecule has 0 saturated heterocycles. The first-order chi connectivity index (χ1) is 17.2. The second-order valence-electron chi connectivity index (χ2n) is 9.39. The number of benzene rings is 2. The summed E-state index contributed by atoms with van der Waals surface area (Å²) in [5.41, 5.74) is 3.75. The van der Waals surface area contributed by atoms with Crippen molar-refractivity contribution >= 4 is 44.4 Å². The van der Waals surface area contributed by atoms with Crippen molar-refractivity contribution in [1.82, 2.24) is 4.57 Å². The maximum absolute atomic E-state index is 14.8. The van der Waals surface area contributed by atoms with Crippen LogP contribution in [0.4, 0.5) is 4.39 Å². The molecule has 1 aliphatic rings. The molecule has 1 saturated carbocycles. The topological polar surface area (TPSA) is 69.3 Å². The summed E-state index contributed by atoms with van der Waals surface area (Å²) >= 11 is 2.05. The summed E-state index contributed by atoms with van der Waals surface area (Å²) < 4.78 is 35.1. The van der Waals surface area contributed by atoms with E-state index in [9.17, 15) is 18.2 Å². The molecule has 0 amide bonds. The maximum Gasteiger partial charge on any atom is 0.339 e. The highest BCUT2D eigenvalue weighted by atomic mass is 127. The molecule has 2 aromatic carbocycles. The lowest BCUT2D eigenvalue weighted by molar-refractivity contribution is 0.549. The Kier molecular flexibility index (Phi) is 6.76. The van der Waals surface area contributed by atoms with E-state index in [0.29, 0.717) is 33.4 Å². The molecule has 8 heteroatoms. The Hall–Kier alpha value is -2.59. The average molecular weight is 617 g/mol. The van der Waals surface area contributed by atoms with Gasteiger partial charge < -0.3 is 8.98 Å². The zero-order valence-electron chi connectivity index (χ0n) is 20.2. The molecule has 1 aliphatic carbocycles. The van der Waals surface area contributed by atoms with Gasteiger partial charge in [-0.3, -0.25) is 9.00 Å². The Labute approximate surface area is 224 Å². The average Bonchev–Trinajstić information content (AvgIpc) is 3.63. The van der Waals surface area contributed by atoms with Crippen LogP contribution in [0, 0.1) is 23.2 Å². The summed E-state index contributed by atoms with van der Waals surface area (Å²) in [7, 11) is -1.02. The number of nitrogens with zero attached hydrogens (tertiary/aromatic N) is 1. The van der Waals surface area contributed by atoms with Gasteiger partial charge in [-0.2, -0.15) is 0 Å². The van der Waals surface area contributed by atoms with Crippen molar-refractivity contribution in [2.45, 2.75) is 44.9 Å². The lowest BCUT2D eigenvalue weighted by Crippen LogP contribution is -2.25. The van der Waals surface area contributed by atoms with Crippen molar-refractivity contribution in [2.75, 3.05) is 6.26 Å². The van der Waals surface area contributed by atoms with Crippen molar-refractivity contribution in [3.63, 3.8) is 0 Å². The van der Waals surface area contributed by atoms with E-state index in [1.807, 2.05) is 59.8 Å². The fourth-order valence-corrected chi connectivity index (χ4v) is 5.97. The summed E-state index contributed by atoms with van der Waals surface area (Å²) in [5.74, 6) is 0.0193. The fourth-order valence-electron chi connectivity index (χ4n) is 4.87. The van der Waals surface area contributed by atoms with Crippen LogP contribution in [0.5, 0.6) is 0 Å². The minimum absolute atomic E-state index is 0.0853. The van der Waals surface area contributed by atoms with Gasteiger partial charge in [0.2, 0.25) is 0 Å². The predicted octanol–water partition coefficient (Wildman–Crippen LogP) is 5.79. The zero-order chi connectivity index (χ0) is 25.7. The molecule has 5 rings (SSSR count). The van der Waals surface area contributed by atoms with Gasteiger partial charge in [0.15, 0.2) is 5.58 Å². The highest BCUT2D eigenvalue weighted by Gasteiger charge is 2.31. The van der Waals surface area contributed by atoms with E-state index < -0.39 is 16.4 Å². The second kappa shape index (κ2) is 9.70. The summed E-state index contributed by atoms with van der Waals surface area (Å²) in [6, 6.07) is 12.7. The van der Waals surface area contributed by atoms with Gasteiger partial charge in [0.25, 0.3) is 5.56 Å². The third kappa shape index (κ3) is 4.61.